The molecule has 2 aromatic rings. The molecule has 1 aromatic heterocycles. The van der Waals surface area contributed by atoms with Gasteiger partial charge in [-0.3, -0.25) is 4.90 Å². The van der Waals surface area contributed by atoms with Gasteiger partial charge in [0.05, 0.1) is 0 Å². The molecule has 0 atom stereocenters. The summed E-state index contributed by atoms with van der Waals surface area (Å²) < 4.78 is 1.43. The third-order valence-corrected chi connectivity index (χ3v) is 5.16. The van der Waals surface area contributed by atoms with Crippen molar-refractivity contribution in [1.29, 1.82) is 0 Å². The standard InChI is InChI=1S/C16H22N2S/c1-3-18(12-8-9-12)11-14-13-6-4-5-7-15(13)19-16(14)10-17-2/h4-7,12,17H,3,8-11H2,1-2H3. The first-order valence-corrected chi connectivity index (χ1v) is 8.03. The molecule has 1 aliphatic rings. The van der Waals surface area contributed by atoms with Crippen molar-refractivity contribution in [2.75, 3.05) is 13.6 Å². The summed E-state index contributed by atoms with van der Waals surface area (Å²) >= 11 is 1.94. The predicted molar refractivity (Wildman–Crippen MR) is 83.7 cm³/mol. The van der Waals surface area contributed by atoms with Crippen molar-refractivity contribution < 1.29 is 0 Å². The molecule has 3 rings (SSSR count). The molecule has 1 heterocycles. The number of benzene rings is 1. The van der Waals surface area contributed by atoms with Crippen LogP contribution in [0.2, 0.25) is 0 Å². The maximum absolute atomic E-state index is 3.31. The van der Waals surface area contributed by atoms with Crippen LogP contribution < -0.4 is 5.32 Å². The predicted octanol–water partition coefficient (Wildman–Crippen LogP) is 3.61. The van der Waals surface area contributed by atoms with E-state index in [1.54, 1.807) is 5.56 Å². The summed E-state index contributed by atoms with van der Waals surface area (Å²) in [5.41, 5.74) is 1.55. The van der Waals surface area contributed by atoms with Gasteiger partial charge in [0.2, 0.25) is 0 Å². The number of fused-ring (bicyclic) bond motifs is 1. The van der Waals surface area contributed by atoms with E-state index in [1.807, 2.05) is 18.4 Å². The van der Waals surface area contributed by atoms with E-state index in [4.69, 9.17) is 0 Å². The molecule has 1 N–H and O–H groups in total. The molecule has 0 aliphatic heterocycles. The van der Waals surface area contributed by atoms with Crippen LogP contribution >= 0.6 is 11.3 Å². The molecule has 102 valence electrons. The third kappa shape index (κ3) is 2.69. The summed E-state index contributed by atoms with van der Waals surface area (Å²) in [6.45, 7) is 5.54. The molecule has 2 nitrogen and oxygen atoms in total. The van der Waals surface area contributed by atoms with Gasteiger partial charge >= 0.3 is 0 Å². The van der Waals surface area contributed by atoms with Gasteiger partial charge in [-0.15, -0.1) is 11.3 Å². The highest BCUT2D eigenvalue weighted by Gasteiger charge is 2.28. The molecule has 0 unspecified atom stereocenters. The van der Waals surface area contributed by atoms with Crippen LogP contribution in [0, 0.1) is 0 Å². The molecule has 0 radical (unpaired) electrons. The minimum Gasteiger partial charge on any atom is -0.315 e. The summed E-state index contributed by atoms with van der Waals surface area (Å²) in [4.78, 5) is 4.14. The van der Waals surface area contributed by atoms with Gasteiger partial charge in [0.1, 0.15) is 0 Å². The van der Waals surface area contributed by atoms with E-state index in [9.17, 15) is 0 Å². The highest BCUT2D eigenvalue weighted by Crippen LogP contribution is 2.35. The molecule has 1 aromatic carbocycles. The smallest absolute Gasteiger partial charge is 0.0349 e. The van der Waals surface area contributed by atoms with Crippen LogP contribution in [0.3, 0.4) is 0 Å². The first-order valence-electron chi connectivity index (χ1n) is 7.21. The Hall–Kier alpha value is -0.900. The fourth-order valence-electron chi connectivity index (χ4n) is 2.77. The van der Waals surface area contributed by atoms with Gasteiger partial charge in [0.15, 0.2) is 0 Å². The van der Waals surface area contributed by atoms with Crippen molar-refractivity contribution in [3.63, 3.8) is 0 Å². The lowest BCUT2D eigenvalue weighted by Crippen LogP contribution is -2.25. The maximum Gasteiger partial charge on any atom is 0.0349 e. The second kappa shape index (κ2) is 5.61. The average molecular weight is 274 g/mol. The van der Waals surface area contributed by atoms with E-state index >= 15 is 0 Å². The second-order valence-corrected chi connectivity index (χ2v) is 6.46. The normalized spacial score (nSPS) is 15.5. The van der Waals surface area contributed by atoms with E-state index in [2.05, 4.69) is 41.4 Å². The second-order valence-electron chi connectivity index (χ2n) is 5.32. The van der Waals surface area contributed by atoms with Crippen molar-refractivity contribution in [2.45, 2.75) is 38.9 Å². The van der Waals surface area contributed by atoms with E-state index in [0.29, 0.717) is 0 Å². The monoisotopic (exact) mass is 274 g/mol. The van der Waals surface area contributed by atoms with E-state index in [0.717, 1.165) is 25.7 Å². The molecule has 1 aliphatic carbocycles. The third-order valence-electron chi connectivity index (χ3n) is 3.95. The number of nitrogens with zero attached hydrogens (tertiary/aromatic N) is 1. The highest BCUT2D eigenvalue weighted by molar-refractivity contribution is 7.19. The Balaban J connectivity index is 1.96. The van der Waals surface area contributed by atoms with Gasteiger partial charge in [-0.05, 0) is 43.5 Å². The number of thiophene rings is 1. The summed E-state index contributed by atoms with van der Waals surface area (Å²) in [6.07, 6.45) is 2.77. The number of nitrogens with one attached hydrogen (secondary N) is 1. The van der Waals surface area contributed by atoms with Crippen molar-refractivity contribution in [3.8, 4) is 0 Å². The molecular weight excluding hydrogens is 252 g/mol. The van der Waals surface area contributed by atoms with Gasteiger partial charge in [-0.1, -0.05) is 25.1 Å². The number of hydrogen-bond donors (Lipinski definition) is 1. The van der Waals surface area contributed by atoms with Gasteiger partial charge < -0.3 is 5.32 Å². The average Bonchev–Trinajstić information content (AvgIpc) is 3.21. The Morgan fingerprint density at radius 2 is 2.11 bits per heavy atom. The van der Waals surface area contributed by atoms with Crippen molar-refractivity contribution in [1.82, 2.24) is 10.2 Å². The zero-order valence-electron chi connectivity index (χ0n) is 11.8. The summed E-state index contributed by atoms with van der Waals surface area (Å²) in [7, 11) is 2.03. The zero-order chi connectivity index (χ0) is 13.2. The van der Waals surface area contributed by atoms with Crippen LogP contribution in [0.4, 0.5) is 0 Å². The first-order chi connectivity index (χ1) is 9.33. The summed E-state index contributed by atoms with van der Waals surface area (Å²) in [5.74, 6) is 0. The van der Waals surface area contributed by atoms with Gasteiger partial charge in [-0.2, -0.15) is 0 Å². The van der Waals surface area contributed by atoms with Crippen molar-refractivity contribution in [2.24, 2.45) is 0 Å². The SMILES string of the molecule is CCN(Cc1c(CNC)sc2ccccc12)C1CC1. The minimum atomic E-state index is 0.839. The Morgan fingerprint density at radius 3 is 2.79 bits per heavy atom. The number of rotatable bonds is 6. The maximum atomic E-state index is 3.31. The first kappa shape index (κ1) is 13.1. The lowest BCUT2D eigenvalue weighted by molar-refractivity contribution is 0.270. The zero-order valence-corrected chi connectivity index (χ0v) is 12.6. The van der Waals surface area contributed by atoms with E-state index < -0.39 is 0 Å². The molecule has 0 amide bonds. The highest BCUT2D eigenvalue weighted by atomic mass is 32.1. The fourth-order valence-corrected chi connectivity index (χ4v) is 4.00. The molecule has 0 spiro atoms. The van der Waals surface area contributed by atoms with Crippen molar-refractivity contribution >= 4 is 21.4 Å². The van der Waals surface area contributed by atoms with Crippen LogP contribution in [-0.4, -0.2) is 24.5 Å². The minimum absolute atomic E-state index is 0.839. The largest absolute Gasteiger partial charge is 0.315 e. The van der Waals surface area contributed by atoms with Crippen molar-refractivity contribution in [3.05, 3.63) is 34.7 Å². The summed E-state index contributed by atoms with van der Waals surface area (Å²) in [5, 5.41) is 4.77. The van der Waals surface area contributed by atoms with Gasteiger partial charge in [0.25, 0.3) is 0 Å². The number of hydrogen-bond acceptors (Lipinski definition) is 3. The molecule has 0 saturated heterocycles. The van der Waals surface area contributed by atoms with Crippen LogP contribution in [0.1, 0.15) is 30.2 Å². The lowest BCUT2D eigenvalue weighted by Gasteiger charge is -2.20. The Morgan fingerprint density at radius 1 is 1.32 bits per heavy atom. The molecule has 1 saturated carbocycles. The van der Waals surface area contributed by atoms with E-state index in [-0.39, 0.29) is 0 Å². The molecule has 3 heteroatoms. The topological polar surface area (TPSA) is 15.3 Å². The Kier molecular flexibility index (Phi) is 3.87. The van der Waals surface area contributed by atoms with E-state index in [1.165, 1.54) is 27.8 Å². The quantitative estimate of drug-likeness (QED) is 0.866. The lowest BCUT2D eigenvalue weighted by atomic mass is 10.1. The van der Waals surface area contributed by atoms with Crippen LogP contribution in [0.5, 0.6) is 0 Å². The molecular formula is C16H22N2S. The van der Waals surface area contributed by atoms with Crippen LogP contribution in [0.25, 0.3) is 10.1 Å². The molecule has 19 heavy (non-hydrogen) atoms. The van der Waals surface area contributed by atoms with Gasteiger partial charge in [-0.25, -0.2) is 0 Å². The Labute approximate surface area is 119 Å². The summed E-state index contributed by atoms with van der Waals surface area (Å²) in [6, 6.07) is 9.67. The molecule has 0 bridgehead atoms. The Bertz CT molecular complexity index is 557. The van der Waals surface area contributed by atoms with Crippen LogP contribution in [-0.2, 0) is 13.1 Å². The fraction of sp³-hybridized carbons (Fsp3) is 0.500. The van der Waals surface area contributed by atoms with Gasteiger partial charge in [0, 0.05) is 28.7 Å². The van der Waals surface area contributed by atoms with Crippen LogP contribution in [0.15, 0.2) is 24.3 Å². The molecule has 1 fully saturated rings.